The zero-order valence-corrected chi connectivity index (χ0v) is 10.5. The highest BCUT2D eigenvalue weighted by Gasteiger charge is 2.32. The third-order valence-corrected chi connectivity index (χ3v) is 3.56. The van der Waals surface area contributed by atoms with Crippen molar-refractivity contribution >= 4 is 25.6 Å². The molecular formula is C9H16ClNO3S. The van der Waals surface area contributed by atoms with Crippen LogP contribution in [0.15, 0.2) is 0 Å². The van der Waals surface area contributed by atoms with E-state index in [1.54, 1.807) is 4.90 Å². The summed E-state index contributed by atoms with van der Waals surface area (Å²) in [5, 5.41) is 0. The van der Waals surface area contributed by atoms with Crippen LogP contribution in [0.2, 0.25) is 0 Å². The number of likely N-dealkylation sites (tertiary alicyclic amines) is 1. The smallest absolute Gasteiger partial charge is 0.232 e. The fraction of sp³-hybridized carbons (Fsp3) is 0.889. The van der Waals surface area contributed by atoms with Gasteiger partial charge in [-0.05, 0) is 5.92 Å². The molecule has 6 heteroatoms. The van der Waals surface area contributed by atoms with Crippen LogP contribution in [-0.4, -0.2) is 38.1 Å². The maximum absolute atomic E-state index is 11.5. The largest absolute Gasteiger partial charge is 0.342 e. The summed E-state index contributed by atoms with van der Waals surface area (Å²) in [6, 6.07) is 0. The molecule has 4 nitrogen and oxygen atoms in total. The Kier molecular flexibility index (Phi) is 4.00. The molecule has 0 bridgehead atoms. The van der Waals surface area contributed by atoms with Crippen molar-refractivity contribution in [1.29, 1.82) is 0 Å². The number of hydrogen-bond donors (Lipinski definition) is 0. The molecule has 1 aliphatic rings. The molecule has 0 radical (unpaired) electrons. The van der Waals surface area contributed by atoms with E-state index in [1.165, 1.54) is 0 Å². The normalized spacial score (nSPS) is 22.8. The summed E-state index contributed by atoms with van der Waals surface area (Å²) >= 11 is 0. The number of amides is 1. The predicted molar refractivity (Wildman–Crippen MR) is 59.2 cm³/mol. The molecule has 1 fully saturated rings. The van der Waals surface area contributed by atoms with Gasteiger partial charge in [0.05, 0.1) is 5.75 Å². The van der Waals surface area contributed by atoms with Crippen LogP contribution in [0.3, 0.4) is 0 Å². The molecule has 1 saturated heterocycles. The molecule has 0 aliphatic carbocycles. The van der Waals surface area contributed by atoms with Gasteiger partial charge in [0.15, 0.2) is 0 Å². The average molecular weight is 254 g/mol. The maximum atomic E-state index is 11.5. The van der Waals surface area contributed by atoms with Crippen LogP contribution in [0, 0.1) is 11.8 Å². The number of carbonyl (C=O) groups is 1. The van der Waals surface area contributed by atoms with Crippen LogP contribution in [0.5, 0.6) is 0 Å². The number of halogens is 1. The van der Waals surface area contributed by atoms with Crippen LogP contribution < -0.4 is 0 Å². The van der Waals surface area contributed by atoms with E-state index in [2.05, 4.69) is 0 Å². The minimum absolute atomic E-state index is 0.0361. The van der Waals surface area contributed by atoms with Gasteiger partial charge in [-0.25, -0.2) is 8.42 Å². The van der Waals surface area contributed by atoms with E-state index in [9.17, 15) is 13.2 Å². The highest BCUT2D eigenvalue weighted by molar-refractivity contribution is 8.13. The van der Waals surface area contributed by atoms with Crippen molar-refractivity contribution in [3.8, 4) is 0 Å². The van der Waals surface area contributed by atoms with Crippen molar-refractivity contribution in [1.82, 2.24) is 4.90 Å². The van der Waals surface area contributed by atoms with Gasteiger partial charge in [-0.15, -0.1) is 0 Å². The molecule has 1 aliphatic heterocycles. The van der Waals surface area contributed by atoms with Gasteiger partial charge in [0.2, 0.25) is 15.0 Å². The second-order valence-electron chi connectivity index (χ2n) is 4.47. The molecule has 1 amide bonds. The van der Waals surface area contributed by atoms with Gasteiger partial charge < -0.3 is 4.90 Å². The minimum atomic E-state index is -3.49. The van der Waals surface area contributed by atoms with Gasteiger partial charge in [-0.2, -0.15) is 0 Å². The lowest BCUT2D eigenvalue weighted by atomic mass is 10.1. The first-order valence-corrected chi connectivity index (χ1v) is 7.46. The van der Waals surface area contributed by atoms with Crippen molar-refractivity contribution in [2.45, 2.75) is 20.3 Å². The number of rotatable bonds is 4. The SMILES string of the molecule is CC(C)CN1CC(CS(=O)(=O)Cl)CC1=O. The first kappa shape index (κ1) is 12.8. The number of hydrogen-bond acceptors (Lipinski definition) is 3. The van der Waals surface area contributed by atoms with Crippen molar-refractivity contribution in [2.75, 3.05) is 18.8 Å². The quantitative estimate of drug-likeness (QED) is 0.704. The molecule has 0 saturated carbocycles. The Balaban J connectivity index is 2.52. The van der Waals surface area contributed by atoms with E-state index in [1.807, 2.05) is 13.8 Å². The lowest BCUT2D eigenvalue weighted by molar-refractivity contribution is -0.128. The molecule has 0 aromatic rings. The molecule has 0 spiro atoms. The molecule has 1 atom stereocenters. The highest BCUT2D eigenvalue weighted by atomic mass is 35.7. The zero-order valence-electron chi connectivity index (χ0n) is 8.94. The van der Waals surface area contributed by atoms with Gasteiger partial charge in [0.1, 0.15) is 0 Å². The Bertz CT molecular complexity index is 339. The summed E-state index contributed by atoms with van der Waals surface area (Å²) in [7, 11) is 1.67. The van der Waals surface area contributed by atoms with Crippen molar-refractivity contribution < 1.29 is 13.2 Å². The van der Waals surface area contributed by atoms with Crippen LogP contribution in [-0.2, 0) is 13.8 Å². The van der Waals surface area contributed by atoms with Crippen molar-refractivity contribution in [3.05, 3.63) is 0 Å². The van der Waals surface area contributed by atoms with E-state index >= 15 is 0 Å². The summed E-state index contributed by atoms with van der Waals surface area (Å²) in [4.78, 5) is 13.2. The molecular weight excluding hydrogens is 238 g/mol. The standard InChI is InChI=1S/C9H16ClNO3S/c1-7(2)4-11-5-8(3-9(11)12)6-15(10,13)14/h7-8H,3-6H2,1-2H3. The van der Waals surface area contributed by atoms with Crippen molar-refractivity contribution in [3.63, 3.8) is 0 Å². The van der Waals surface area contributed by atoms with E-state index in [-0.39, 0.29) is 17.6 Å². The average Bonchev–Trinajstić information content (AvgIpc) is 2.26. The lowest BCUT2D eigenvalue weighted by Gasteiger charge is -2.18. The third-order valence-electron chi connectivity index (χ3n) is 2.31. The molecule has 1 rings (SSSR count). The summed E-state index contributed by atoms with van der Waals surface area (Å²) in [5.41, 5.74) is 0. The molecule has 0 N–H and O–H groups in total. The number of carbonyl (C=O) groups excluding carboxylic acids is 1. The lowest BCUT2D eigenvalue weighted by Crippen LogP contribution is -2.29. The monoisotopic (exact) mass is 253 g/mol. The van der Waals surface area contributed by atoms with Crippen LogP contribution in [0.4, 0.5) is 0 Å². The van der Waals surface area contributed by atoms with E-state index in [0.29, 0.717) is 25.4 Å². The van der Waals surface area contributed by atoms with Gasteiger partial charge in [0, 0.05) is 36.1 Å². The Hall–Kier alpha value is -0.290. The topological polar surface area (TPSA) is 54.5 Å². The molecule has 0 aromatic carbocycles. The summed E-state index contributed by atoms with van der Waals surface area (Å²) in [5.74, 6) is 0.197. The summed E-state index contributed by atoms with van der Waals surface area (Å²) in [6.07, 6.45) is 0.304. The van der Waals surface area contributed by atoms with Crippen molar-refractivity contribution in [2.24, 2.45) is 11.8 Å². The van der Waals surface area contributed by atoms with E-state index < -0.39 is 9.05 Å². The molecule has 15 heavy (non-hydrogen) atoms. The fourth-order valence-corrected chi connectivity index (χ4v) is 3.19. The Morgan fingerprint density at radius 2 is 2.13 bits per heavy atom. The van der Waals surface area contributed by atoms with E-state index in [4.69, 9.17) is 10.7 Å². The Morgan fingerprint density at radius 1 is 1.53 bits per heavy atom. The zero-order chi connectivity index (χ0) is 11.6. The Morgan fingerprint density at radius 3 is 2.60 bits per heavy atom. The third kappa shape index (κ3) is 4.38. The van der Waals surface area contributed by atoms with Gasteiger partial charge >= 0.3 is 0 Å². The first-order chi connectivity index (χ1) is 6.78. The second kappa shape index (κ2) is 4.70. The summed E-state index contributed by atoms with van der Waals surface area (Å²) in [6.45, 7) is 5.26. The fourth-order valence-electron chi connectivity index (χ4n) is 1.86. The van der Waals surface area contributed by atoms with E-state index in [0.717, 1.165) is 0 Å². The highest BCUT2D eigenvalue weighted by Crippen LogP contribution is 2.21. The Labute approximate surface area is 95.0 Å². The maximum Gasteiger partial charge on any atom is 0.232 e. The minimum Gasteiger partial charge on any atom is -0.342 e. The van der Waals surface area contributed by atoms with Crippen LogP contribution in [0.1, 0.15) is 20.3 Å². The second-order valence-corrected chi connectivity index (χ2v) is 7.29. The van der Waals surface area contributed by atoms with Gasteiger partial charge in [-0.3, -0.25) is 4.79 Å². The van der Waals surface area contributed by atoms with Gasteiger partial charge in [-0.1, -0.05) is 13.8 Å². The summed E-state index contributed by atoms with van der Waals surface area (Å²) < 4.78 is 21.7. The molecule has 88 valence electrons. The number of nitrogens with zero attached hydrogens (tertiary/aromatic N) is 1. The van der Waals surface area contributed by atoms with Crippen LogP contribution >= 0.6 is 10.7 Å². The predicted octanol–water partition coefficient (Wildman–Crippen LogP) is 1.06. The van der Waals surface area contributed by atoms with Gasteiger partial charge in [0.25, 0.3) is 0 Å². The van der Waals surface area contributed by atoms with Crippen LogP contribution in [0.25, 0.3) is 0 Å². The molecule has 1 unspecified atom stereocenters. The first-order valence-electron chi connectivity index (χ1n) is 4.98. The molecule has 0 aromatic heterocycles. The molecule has 1 heterocycles.